The van der Waals surface area contributed by atoms with Crippen molar-refractivity contribution in [2.75, 3.05) is 6.61 Å². The number of H-pyrrole nitrogens is 1. The Morgan fingerprint density at radius 3 is 2.57 bits per heavy atom. The summed E-state index contributed by atoms with van der Waals surface area (Å²) in [5, 5.41) is 10.2. The van der Waals surface area contributed by atoms with Crippen LogP contribution >= 0.6 is 0 Å². The molecule has 6 rings (SSSR count). The van der Waals surface area contributed by atoms with Gasteiger partial charge in [-0.1, -0.05) is 76.7 Å². The molecule has 192 valence electrons. The fourth-order valence-corrected chi connectivity index (χ4v) is 10.8. The molecule has 2 nitrogen and oxygen atoms in total. The van der Waals surface area contributed by atoms with Gasteiger partial charge in [-0.15, -0.1) is 0 Å². The zero-order valence-electron chi connectivity index (χ0n) is 22.6. The maximum atomic E-state index is 10.2. The van der Waals surface area contributed by atoms with E-state index < -0.39 is 0 Å². The molecule has 7 atom stereocenters. The number of fused-ring (bicyclic) bond motifs is 4. The van der Waals surface area contributed by atoms with Crippen molar-refractivity contribution in [3.05, 3.63) is 47.8 Å². The van der Waals surface area contributed by atoms with Crippen LogP contribution in [0, 0.1) is 51.8 Å². The highest BCUT2D eigenvalue weighted by Crippen LogP contribution is 2.79. The normalized spacial score (nSPS) is 41.4. The van der Waals surface area contributed by atoms with Gasteiger partial charge in [-0.25, -0.2) is 0 Å². The second-order valence-electron chi connectivity index (χ2n) is 14.3. The first kappa shape index (κ1) is 24.1. The van der Waals surface area contributed by atoms with E-state index >= 15 is 0 Å². The van der Waals surface area contributed by atoms with Gasteiger partial charge < -0.3 is 10.1 Å². The summed E-state index contributed by atoms with van der Waals surface area (Å²) in [6.45, 7) is 12.8. The molecule has 4 fully saturated rings. The number of rotatable bonds is 6. The minimum Gasteiger partial charge on any atom is -0.396 e. The predicted octanol–water partition coefficient (Wildman–Crippen LogP) is 8.11. The molecule has 1 heterocycles. The average Bonchev–Trinajstić information content (AvgIpc) is 3.20. The van der Waals surface area contributed by atoms with Gasteiger partial charge in [0.1, 0.15) is 0 Å². The van der Waals surface area contributed by atoms with Crippen LogP contribution in [0.3, 0.4) is 0 Å². The quantitative estimate of drug-likeness (QED) is 0.428. The lowest BCUT2D eigenvalue weighted by molar-refractivity contribution is 0.0121. The zero-order chi connectivity index (χ0) is 24.4. The van der Waals surface area contributed by atoms with E-state index in [-0.39, 0.29) is 0 Å². The fraction of sp³-hybridized carbons (Fsp3) is 0.758. The van der Waals surface area contributed by atoms with Gasteiger partial charge in [0.2, 0.25) is 0 Å². The molecule has 1 aromatic rings. The molecular weight excluding hydrogens is 426 g/mol. The van der Waals surface area contributed by atoms with Crippen LogP contribution in [0.5, 0.6) is 0 Å². The SMILES string of the molecule is C=C1C=C2C3(CCC(CC(CO)Cc4cc[nH]c4)C3)CCC(C3CCCCC3)C2(C)C2C1C2(C)C. The van der Waals surface area contributed by atoms with Crippen molar-refractivity contribution in [3.63, 3.8) is 0 Å². The summed E-state index contributed by atoms with van der Waals surface area (Å²) in [7, 11) is 0. The van der Waals surface area contributed by atoms with Crippen molar-refractivity contribution in [3.8, 4) is 0 Å². The van der Waals surface area contributed by atoms with E-state index in [1.54, 1.807) is 0 Å². The van der Waals surface area contributed by atoms with Crippen LogP contribution in [0.2, 0.25) is 0 Å². The molecule has 5 aliphatic carbocycles. The first-order valence-corrected chi connectivity index (χ1v) is 14.9. The molecule has 0 bridgehead atoms. The molecule has 1 aromatic heterocycles. The van der Waals surface area contributed by atoms with Gasteiger partial charge in [0, 0.05) is 19.0 Å². The number of aliphatic hydroxyl groups excluding tert-OH is 1. The van der Waals surface area contributed by atoms with Crippen LogP contribution in [-0.2, 0) is 6.42 Å². The van der Waals surface area contributed by atoms with Gasteiger partial charge in [0.25, 0.3) is 0 Å². The van der Waals surface area contributed by atoms with E-state index in [4.69, 9.17) is 0 Å². The van der Waals surface area contributed by atoms with Crippen molar-refractivity contribution in [2.45, 2.75) is 97.8 Å². The van der Waals surface area contributed by atoms with Gasteiger partial charge in [-0.2, -0.15) is 0 Å². The van der Waals surface area contributed by atoms with Gasteiger partial charge in [0.15, 0.2) is 0 Å². The third-order valence-corrected chi connectivity index (χ3v) is 12.1. The minimum atomic E-state index is 0.313. The molecule has 1 spiro atoms. The fourth-order valence-electron chi connectivity index (χ4n) is 10.8. The van der Waals surface area contributed by atoms with E-state index in [0.29, 0.717) is 34.7 Å². The summed E-state index contributed by atoms with van der Waals surface area (Å²) in [6, 6.07) is 2.17. The Morgan fingerprint density at radius 1 is 1.09 bits per heavy atom. The number of allylic oxidation sites excluding steroid dienone is 3. The third-order valence-electron chi connectivity index (χ3n) is 12.1. The van der Waals surface area contributed by atoms with E-state index in [1.165, 1.54) is 81.8 Å². The molecule has 4 saturated carbocycles. The Balaban J connectivity index is 1.27. The van der Waals surface area contributed by atoms with Crippen LogP contribution in [0.4, 0.5) is 0 Å². The van der Waals surface area contributed by atoms with Crippen molar-refractivity contribution in [1.82, 2.24) is 4.98 Å². The van der Waals surface area contributed by atoms with E-state index in [0.717, 1.165) is 30.1 Å². The van der Waals surface area contributed by atoms with Crippen LogP contribution < -0.4 is 0 Å². The van der Waals surface area contributed by atoms with Crippen molar-refractivity contribution < 1.29 is 5.11 Å². The lowest BCUT2D eigenvalue weighted by atomic mass is 9.47. The smallest absolute Gasteiger partial charge is 0.0462 e. The van der Waals surface area contributed by atoms with E-state index in [2.05, 4.69) is 50.7 Å². The lowest BCUT2D eigenvalue weighted by Crippen LogP contribution is -2.49. The monoisotopic (exact) mass is 475 g/mol. The van der Waals surface area contributed by atoms with Crippen LogP contribution in [0.25, 0.3) is 0 Å². The molecule has 0 aromatic carbocycles. The molecule has 0 amide bonds. The van der Waals surface area contributed by atoms with E-state index in [9.17, 15) is 5.11 Å². The zero-order valence-corrected chi connectivity index (χ0v) is 22.6. The Labute approximate surface area is 214 Å². The van der Waals surface area contributed by atoms with E-state index in [1.807, 2.05) is 11.8 Å². The largest absolute Gasteiger partial charge is 0.396 e. The molecule has 2 N–H and O–H groups in total. The predicted molar refractivity (Wildman–Crippen MR) is 145 cm³/mol. The number of aliphatic hydroxyl groups is 1. The minimum absolute atomic E-state index is 0.313. The first-order chi connectivity index (χ1) is 16.8. The van der Waals surface area contributed by atoms with Gasteiger partial charge >= 0.3 is 0 Å². The Kier molecular flexibility index (Phi) is 5.95. The highest BCUT2D eigenvalue weighted by Gasteiger charge is 2.72. The molecule has 0 saturated heterocycles. The number of aromatic amines is 1. The maximum absolute atomic E-state index is 10.2. The van der Waals surface area contributed by atoms with Crippen molar-refractivity contribution >= 4 is 0 Å². The molecule has 2 heteroatoms. The lowest BCUT2D eigenvalue weighted by Gasteiger charge is -2.57. The highest BCUT2D eigenvalue weighted by atomic mass is 16.3. The molecular formula is C33H49NO. The van der Waals surface area contributed by atoms with Crippen LogP contribution in [0.15, 0.2) is 42.3 Å². The van der Waals surface area contributed by atoms with Crippen LogP contribution in [-0.4, -0.2) is 16.7 Å². The van der Waals surface area contributed by atoms with Crippen molar-refractivity contribution in [1.29, 1.82) is 0 Å². The second-order valence-corrected chi connectivity index (χ2v) is 14.3. The molecule has 5 aliphatic rings. The molecule has 0 aliphatic heterocycles. The molecule has 35 heavy (non-hydrogen) atoms. The summed E-state index contributed by atoms with van der Waals surface area (Å²) >= 11 is 0. The number of hydrogen-bond acceptors (Lipinski definition) is 1. The molecule has 7 unspecified atom stereocenters. The van der Waals surface area contributed by atoms with Crippen LogP contribution in [0.1, 0.15) is 97.0 Å². The summed E-state index contributed by atoms with van der Waals surface area (Å²) in [5.74, 6) is 4.45. The summed E-state index contributed by atoms with van der Waals surface area (Å²) in [6.07, 6.45) is 23.2. The number of aromatic nitrogens is 1. The summed E-state index contributed by atoms with van der Waals surface area (Å²) in [4.78, 5) is 3.19. The highest BCUT2D eigenvalue weighted by molar-refractivity contribution is 5.48. The first-order valence-electron chi connectivity index (χ1n) is 14.9. The third kappa shape index (κ3) is 3.75. The Hall–Kier alpha value is -1.28. The Morgan fingerprint density at radius 2 is 1.86 bits per heavy atom. The topological polar surface area (TPSA) is 36.0 Å². The number of nitrogens with one attached hydrogen (secondary N) is 1. The number of hydrogen-bond donors (Lipinski definition) is 2. The average molecular weight is 476 g/mol. The van der Waals surface area contributed by atoms with Gasteiger partial charge in [0.05, 0.1) is 0 Å². The maximum Gasteiger partial charge on any atom is 0.0462 e. The van der Waals surface area contributed by atoms with Gasteiger partial charge in [-0.05, 0) is 108 Å². The molecule has 0 radical (unpaired) electrons. The second kappa shape index (κ2) is 8.64. The Bertz CT molecular complexity index is 965. The standard InChI is InChI=1S/C33H49NO/c1-22-16-28-32(4,30-29(22)31(30,2)3)27(26-8-6-5-7-9-26)11-14-33(28)13-10-23(19-33)17-25(21-35)18-24-12-15-34-20-24/h12,15-16,20,23,25-27,29-30,34-35H,1,5-11,13-14,17-19,21H2,2-4H3. The summed E-state index contributed by atoms with van der Waals surface area (Å²) in [5.41, 5.74) is 5.80. The van der Waals surface area contributed by atoms with Gasteiger partial charge in [-0.3, -0.25) is 0 Å². The van der Waals surface area contributed by atoms with Crippen molar-refractivity contribution in [2.24, 2.45) is 51.8 Å². The summed E-state index contributed by atoms with van der Waals surface area (Å²) < 4.78 is 0.